The smallest absolute Gasteiger partial charge is 0.263 e. The monoisotopic (exact) mass is 465 g/mol. The van der Waals surface area contributed by atoms with E-state index >= 15 is 0 Å². The molecule has 7 nitrogen and oxygen atoms in total. The van der Waals surface area contributed by atoms with Crippen LogP contribution in [0.4, 0.5) is 32.2 Å². The van der Waals surface area contributed by atoms with E-state index < -0.39 is 38.4 Å². The van der Waals surface area contributed by atoms with Crippen LogP contribution in [-0.4, -0.2) is 28.2 Å². The Morgan fingerprint density at radius 2 is 1.45 bits per heavy atom. The highest BCUT2D eigenvalue weighted by atomic mass is 32.2. The number of nitrogens with one attached hydrogen (secondary N) is 1. The zero-order valence-corrected chi connectivity index (χ0v) is 16.6. The number of hydrogen-bond acceptors (Lipinski definition) is 5. The average molecular weight is 465 g/mol. The molecule has 0 aliphatic carbocycles. The summed E-state index contributed by atoms with van der Waals surface area (Å²) in [5, 5.41) is 4.15. The first-order valence-corrected chi connectivity index (χ1v) is 9.83. The summed E-state index contributed by atoms with van der Waals surface area (Å²) in [6.07, 6.45) is -9.41. The van der Waals surface area contributed by atoms with E-state index in [2.05, 4.69) is 15.1 Å². The first-order chi connectivity index (χ1) is 14.2. The lowest BCUT2D eigenvalue weighted by Gasteiger charge is -2.15. The SMILES string of the molecule is Cc1cc(C)n(-c2cc(NS(=O)(=O)c3cc(C(F)(F)F)cc(C(F)(F)F)c3)ncn2)n1. The molecule has 166 valence electrons. The topological polar surface area (TPSA) is 89.8 Å². The molecule has 0 atom stereocenters. The van der Waals surface area contributed by atoms with Gasteiger partial charge in [-0.25, -0.2) is 23.1 Å². The fraction of sp³-hybridized carbons (Fsp3) is 0.235. The molecular weight excluding hydrogens is 452 g/mol. The summed E-state index contributed by atoms with van der Waals surface area (Å²) in [5.41, 5.74) is -2.22. The predicted molar refractivity (Wildman–Crippen MR) is 95.9 cm³/mol. The summed E-state index contributed by atoms with van der Waals surface area (Å²) >= 11 is 0. The van der Waals surface area contributed by atoms with Crippen molar-refractivity contribution in [3.05, 3.63) is 59.2 Å². The normalized spacial score (nSPS) is 12.8. The molecule has 0 aliphatic rings. The summed E-state index contributed by atoms with van der Waals surface area (Å²) < 4.78 is 106. The summed E-state index contributed by atoms with van der Waals surface area (Å²) in [4.78, 5) is 6.38. The van der Waals surface area contributed by atoms with Crippen LogP contribution in [0.3, 0.4) is 0 Å². The van der Waals surface area contributed by atoms with Crippen molar-refractivity contribution >= 4 is 15.8 Å². The van der Waals surface area contributed by atoms with Crippen LogP contribution < -0.4 is 4.72 Å². The van der Waals surface area contributed by atoms with Crippen molar-refractivity contribution in [3.8, 4) is 5.82 Å². The van der Waals surface area contributed by atoms with E-state index in [1.165, 1.54) is 4.68 Å². The van der Waals surface area contributed by atoms with Gasteiger partial charge < -0.3 is 0 Å². The van der Waals surface area contributed by atoms with E-state index in [1.54, 1.807) is 19.9 Å². The minimum Gasteiger partial charge on any atom is -0.263 e. The maximum absolute atomic E-state index is 13.0. The number of hydrogen-bond donors (Lipinski definition) is 1. The van der Waals surface area contributed by atoms with E-state index in [1.807, 2.05) is 4.72 Å². The largest absolute Gasteiger partial charge is 0.416 e. The molecule has 0 amide bonds. The molecule has 1 N–H and O–H groups in total. The summed E-state index contributed by atoms with van der Waals surface area (Å²) in [5.74, 6) is -0.234. The van der Waals surface area contributed by atoms with Crippen LogP contribution >= 0.6 is 0 Å². The van der Waals surface area contributed by atoms with Crippen LogP contribution in [0.1, 0.15) is 22.5 Å². The molecule has 0 fully saturated rings. The number of rotatable bonds is 4. The quantitative estimate of drug-likeness (QED) is 0.586. The maximum Gasteiger partial charge on any atom is 0.416 e. The van der Waals surface area contributed by atoms with Gasteiger partial charge in [-0.05, 0) is 38.1 Å². The highest BCUT2D eigenvalue weighted by molar-refractivity contribution is 7.92. The molecule has 0 radical (unpaired) electrons. The third-order valence-electron chi connectivity index (χ3n) is 3.99. The van der Waals surface area contributed by atoms with Gasteiger partial charge in [-0.1, -0.05) is 0 Å². The van der Waals surface area contributed by atoms with Gasteiger partial charge in [0.1, 0.15) is 12.1 Å². The second-order valence-corrected chi connectivity index (χ2v) is 8.13. The standard InChI is InChI=1S/C17H13F6N5O2S/c1-9-3-10(2)28(26-9)15-7-14(24-8-25-15)27-31(29,30)13-5-11(16(18,19)20)4-12(6-13)17(21,22)23/h3-8H,1-2H3,(H,24,25,27). The molecule has 1 aromatic carbocycles. The van der Waals surface area contributed by atoms with Gasteiger partial charge in [-0.15, -0.1) is 0 Å². The van der Waals surface area contributed by atoms with E-state index in [4.69, 9.17) is 0 Å². The van der Waals surface area contributed by atoms with Gasteiger partial charge in [0.05, 0.1) is 21.7 Å². The molecule has 31 heavy (non-hydrogen) atoms. The fourth-order valence-electron chi connectivity index (χ4n) is 2.66. The maximum atomic E-state index is 13.0. The van der Waals surface area contributed by atoms with Crippen LogP contribution in [-0.2, 0) is 22.4 Å². The number of halogens is 6. The molecule has 0 saturated heterocycles. The van der Waals surface area contributed by atoms with Crippen LogP contribution in [0, 0.1) is 13.8 Å². The predicted octanol–water partition coefficient (Wildman–Crippen LogP) is 4.12. The van der Waals surface area contributed by atoms with Gasteiger partial charge in [-0.2, -0.15) is 31.4 Å². The van der Waals surface area contributed by atoms with Crippen molar-refractivity contribution in [2.24, 2.45) is 0 Å². The van der Waals surface area contributed by atoms with Gasteiger partial charge >= 0.3 is 12.4 Å². The molecule has 2 aromatic heterocycles. The van der Waals surface area contributed by atoms with E-state index in [-0.39, 0.29) is 29.8 Å². The minimum atomic E-state index is -5.19. The molecule has 14 heteroatoms. The van der Waals surface area contributed by atoms with Crippen molar-refractivity contribution < 1.29 is 34.8 Å². The highest BCUT2D eigenvalue weighted by Crippen LogP contribution is 2.37. The fourth-order valence-corrected chi connectivity index (χ4v) is 3.73. The van der Waals surface area contributed by atoms with Gasteiger partial charge in [0, 0.05) is 11.8 Å². The van der Waals surface area contributed by atoms with Crippen LogP contribution in [0.15, 0.2) is 41.6 Å². The van der Waals surface area contributed by atoms with E-state index in [0.717, 1.165) is 12.4 Å². The molecule has 3 rings (SSSR count). The van der Waals surface area contributed by atoms with E-state index in [9.17, 15) is 34.8 Å². The Hall–Kier alpha value is -3.16. The lowest BCUT2D eigenvalue weighted by Crippen LogP contribution is -2.18. The Morgan fingerprint density at radius 1 is 0.871 bits per heavy atom. The lowest BCUT2D eigenvalue weighted by atomic mass is 10.1. The Bertz CT molecular complexity index is 1200. The number of anilines is 1. The zero-order chi connectivity index (χ0) is 23.2. The van der Waals surface area contributed by atoms with Crippen molar-refractivity contribution in [2.45, 2.75) is 31.1 Å². The molecule has 2 heterocycles. The second kappa shape index (κ2) is 7.51. The first-order valence-electron chi connectivity index (χ1n) is 8.35. The van der Waals surface area contributed by atoms with Crippen LogP contribution in [0.5, 0.6) is 0 Å². The number of alkyl halides is 6. The van der Waals surface area contributed by atoms with Crippen molar-refractivity contribution in [1.82, 2.24) is 19.7 Å². The Morgan fingerprint density at radius 3 is 1.94 bits per heavy atom. The molecule has 0 unspecified atom stereocenters. The first kappa shape index (κ1) is 22.5. The molecule has 0 saturated carbocycles. The molecule has 0 aliphatic heterocycles. The highest BCUT2D eigenvalue weighted by Gasteiger charge is 2.38. The number of aromatic nitrogens is 4. The van der Waals surface area contributed by atoms with Gasteiger partial charge in [0.15, 0.2) is 5.82 Å². The van der Waals surface area contributed by atoms with Crippen molar-refractivity contribution in [3.63, 3.8) is 0 Å². The third kappa shape index (κ3) is 4.95. The Labute approximate surface area is 171 Å². The van der Waals surface area contributed by atoms with E-state index in [0.29, 0.717) is 11.4 Å². The third-order valence-corrected chi connectivity index (χ3v) is 5.32. The molecule has 0 bridgehead atoms. The van der Waals surface area contributed by atoms with Gasteiger partial charge in [-0.3, -0.25) is 4.72 Å². The summed E-state index contributed by atoms with van der Waals surface area (Å²) in [7, 11) is -4.85. The van der Waals surface area contributed by atoms with Gasteiger partial charge in [0.25, 0.3) is 10.0 Å². The minimum absolute atomic E-state index is 0.112. The summed E-state index contributed by atoms with van der Waals surface area (Å²) in [6, 6.07) is 2.91. The molecule has 3 aromatic rings. The van der Waals surface area contributed by atoms with Crippen LogP contribution in [0.25, 0.3) is 5.82 Å². The molecular formula is C17H13F6N5O2S. The Kier molecular flexibility index (Phi) is 5.46. The second-order valence-electron chi connectivity index (χ2n) is 6.45. The lowest BCUT2D eigenvalue weighted by molar-refractivity contribution is -0.143. The number of benzene rings is 1. The molecule has 0 spiro atoms. The van der Waals surface area contributed by atoms with Gasteiger partial charge in [0.2, 0.25) is 0 Å². The van der Waals surface area contributed by atoms with Crippen molar-refractivity contribution in [2.75, 3.05) is 4.72 Å². The summed E-state index contributed by atoms with van der Waals surface area (Å²) in [6.45, 7) is 3.41. The van der Waals surface area contributed by atoms with Crippen LogP contribution in [0.2, 0.25) is 0 Å². The van der Waals surface area contributed by atoms with Crippen molar-refractivity contribution in [1.29, 1.82) is 0 Å². The Balaban J connectivity index is 2.03. The number of aryl methyl sites for hydroxylation is 2. The average Bonchev–Trinajstić information content (AvgIpc) is 2.98. The number of sulfonamides is 1. The number of nitrogens with zero attached hydrogens (tertiary/aromatic N) is 4. The zero-order valence-electron chi connectivity index (χ0n) is 15.7.